The average molecular weight is 243 g/mol. The zero-order valence-corrected chi connectivity index (χ0v) is 9.89. The molecular formula is C14H13NO3. The van der Waals surface area contributed by atoms with Crippen molar-refractivity contribution >= 4 is 17.3 Å². The molecular weight excluding hydrogens is 230 g/mol. The van der Waals surface area contributed by atoms with E-state index in [0.717, 1.165) is 25.9 Å². The van der Waals surface area contributed by atoms with Gasteiger partial charge in [0, 0.05) is 24.6 Å². The van der Waals surface area contributed by atoms with Crippen LogP contribution in [0.3, 0.4) is 0 Å². The SMILES string of the molecule is O=C1C=CC(=O)C(C=C2C(=O)C3CCN2CC3)=C1. The van der Waals surface area contributed by atoms with E-state index in [4.69, 9.17) is 0 Å². The van der Waals surface area contributed by atoms with Gasteiger partial charge in [-0.05, 0) is 37.1 Å². The summed E-state index contributed by atoms with van der Waals surface area (Å²) in [5.41, 5.74) is 0.915. The van der Waals surface area contributed by atoms with E-state index in [1.807, 2.05) is 4.90 Å². The Kier molecular flexibility index (Phi) is 2.51. The molecule has 0 amide bonds. The lowest BCUT2D eigenvalue weighted by atomic mass is 9.84. The lowest BCUT2D eigenvalue weighted by Gasteiger charge is -2.41. The minimum absolute atomic E-state index is 0.104. The highest BCUT2D eigenvalue weighted by Gasteiger charge is 2.36. The van der Waals surface area contributed by atoms with E-state index in [1.165, 1.54) is 18.2 Å². The number of fused-ring (bicyclic) bond motifs is 3. The molecule has 0 atom stereocenters. The maximum Gasteiger partial charge on any atom is 0.186 e. The van der Waals surface area contributed by atoms with E-state index in [9.17, 15) is 14.4 Å². The van der Waals surface area contributed by atoms with E-state index in [0.29, 0.717) is 11.3 Å². The molecule has 3 fully saturated rings. The third-order valence-electron chi connectivity index (χ3n) is 3.73. The van der Waals surface area contributed by atoms with Crippen LogP contribution in [0.15, 0.2) is 35.6 Å². The molecule has 0 aromatic heterocycles. The Morgan fingerprint density at radius 3 is 2.50 bits per heavy atom. The fraction of sp³-hybridized carbons (Fsp3) is 0.357. The van der Waals surface area contributed by atoms with E-state index in [1.54, 1.807) is 6.08 Å². The molecule has 4 heteroatoms. The third-order valence-corrected chi connectivity index (χ3v) is 3.73. The second-order valence-electron chi connectivity index (χ2n) is 4.85. The van der Waals surface area contributed by atoms with Crippen LogP contribution in [0.1, 0.15) is 12.8 Å². The highest BCUT2D eigenvalue weighted by molar-refractivity contribution is 6.19. The number of hydrogen-bond acceptors (Lipinski definition) is 4. The smallest absolute Gasteiger partial charge is 0.186 e. The normalized spacial score (nSPS) is 26.2. The van der Waals surface area contributed by atoms with Crippen LogP contribution in [0.2, 0.25) is 0 Å². The first-order valence-corrected chi connectivity index (χ1v) is 6.14. The largest absolute Gasteiger partial charge is 0.369 e. The van der Waals surface area contributed by atoms with Crippen LogP contribution in [0, 0.1) is 5.92 Å². The van der Waals surface area contributed by atoms with Crippen LogP contribution in [0.4, 0.5) is 0 Å². The van der Waals surface area contributed by atoms with Crippen molar-refractivity contribution in [2.24, 2.45) is 5.92 Å². The quantitative estimate of drug-likeness (QED) is 0.505. The van der Waals surface area contributed by atoms with Gasteiger partial charge < -0.3 is 4.90 Å². The summed E-state index contributed by atoms with van der Waals surface area (Å²) in [6, 6.07) is 0. The second-order valence-corrected chi connectivity index (χ2v) is 4.85. The molecule has 18 heavy (non-hydrogen) atoms. The predicted octanol–water partition coefficient (Wildman–Crippen LogP) is 0.799. The summed E-state index contributed by atoms with van der Waals surface area (Å²) in [7, 11) is 0. The van der Waals surface area contributed by atoms with Crippen molar-refractivity contribution < 1.29 is 14.4 Å². The molecule has 1 aliphatic carbocycles. The van der Waals surface area contributed by atoms with Crippen molar-refractivity contribution in [3.63, 3.8) is 0 Å². The van der Waals surface area contributed by atoms with Crippen molar-refractivity contribution in [1.82, 2.24) is 4.90 Å². The molecule has 4 aliphatic rings. The molecule has 4 rings (SSSR count). The summed E-state index contributed by atoms with van der Waals surface area (Å²) in [5.74, 6) is -0.197. The van der Waals surface area contributed by atoms with Crippen molar-refractivity contribution in [2.75, 3.05) is 13.1 Å². The van der Waals surface area contributed by atoms with Gasteiger partial charge in [0.25, 0.3) is 0 Å². The lowest BCUT2D eigenvalue weighted by Crippen LogP contribution is -2.46. The van der Waals surface area contributed by atoms with Gasteiger partial charge in [-0.3, -0.25) is 14.4 Å². The monoisotopic (exact) mass is 243 g/mol. The molecule has 0 N–H and O–H groups in total. The van der Waals surface area contributed by atoms with Gasteiger partial charge in [-0.1, -0.05) is 0 Å². The highest BCUT2D eigenvalue weighted by atomic mass is 16.1. The summed E-state index contributed by atoms with van der Waals surface area (Å²) in [6.45, 7) is 1.74. The fourth-order valence-corrected chi connectivity index (χ4v) is 2.70. The highest BCUT2D eigenvalue weighted by Crippen LogP contribution is 2.32. The molecule has 0 radical (unpaired) electrons. The van der Waals surface area contributed by atoms with Crippen molar-refractivity contribution in [1.29, 1.82) is 0 Å². The number of Topliss-reactive ketones (excluding diaryl/α,β-unsaturated/α-hetero) is 1. The molecule has 0 spiro atoms. The Hall–Kier alpha value is -1.97. The summed E-state index contributed by atoms with van der Waals surface area (Å²) in [4.78, 5) is 37.0. The Balaban J connectivity index is 1.95. The average Bonchev–Trinajstić information content (AvgIpc) is 2.38. The van der Waals surface area contributed by atoms with Crippen LogP contribution in [-0.4, -0.2) is 35.3 Å². The van der Waals surface area contributed by atoms with Crippen LogP contribution in [0.5, 0.6) is 0 Å². The first kappa shape index (κ1) is 11.1. The number of allylic oxidation sites excluding steroid dienone is 6. The predicted molar refractivity (Wildman–Crippen MR) is 64.6 cm³/mol. The van der Waals surface area contributed by atoms with E-state index >= 15 is 0 Å². The Labute approximate surface area is 105 Å². The van der Waals surface area contributed by atoms with E-state index in [2.05, 4.69) is 0 Å². The molecule has 2 bridgehead atoms. The molecule has 0 saturated carbocycles. The maximum absolute atomic E-state index is 12.1. The summed E-state index contributed by atoms with van der Waals surface area (Å²) in [6.07, 6.45) is 7.20. The Morgan fingerprint density at radius 1 is 1.11 bits per heavy atom. The van der Waals surface area contributed by atoms with Gasteiger partial charge in [0.15, 0.2) is 17.3 Å². The molecule has 4 nitrogen and oxygen atoms in total. The standard InChI is InChI=1S/C14H13NO3/c16-11-1-2-13(17)10(7-11)8-12-14(18)9-3-5-15(12)6-4-9/h1-2,7-9H,3-6H2. The lowest BCUT2D eigenvalue weighted by molar-refractivity contribution is -0.125. The van der Waals surface area contributed by atoms with Gasteiger partial charge in [-0.2, -0.15) is 0 Å². The Bertz CT molecular complexity index is 531. The maximum atomic E-state index is 12.1. The first-order chi connectivity index (χ1) is 8.65. The van der Waals surface area contributed by atoms with E-state index in [-0.39, 0.29) is 23.3 Å². The summed E-state index contributed by atoms with van der Waals surface area (Å²) >= 11 is 0. The number of rotatable bonds is 1. The van der Waals surface area contributed by atoms with Crippen molar-refractivity contribution in [2.45, 2.75) is 12.8 Å². The van der Waals surface area contributed by atoms with Gasteiger partial charge in [0.1, 0.15) is 0 Å². The molecule has 3 saturated heterocycles. The summed E-state index contributed by atoms with van der Waals surface area (Å²) < 4.78 is 0. The van der Waals surface area contributed by atoms with Gasteiger partial charge >= 0.3 is 0 Å². The molecule has 3 aliphatic heterocycles. The minimum atomic E-state index is -0.211. The molecule has 0 aromatic rings. The number of carbonyl (C=O) groups is 3. The van der Waals surface area contributed by atoms with Gasteiger partial charge in [-0.25, -0.2) is 0 Å². The molecule has 0 aromatic carbocycles. The van der Waals surface area contributed by atoms with Gasteiger partial charge in [0.2, 0.25) is 0 Å². The Morgan fingerprint density at radius 2 is 1.83 bits per heavy atom. The zero-order chi connectivity index (χ0) is 12.7. The topological polar surface area (TPSA) is 54.5 Å². The van der Waals surface area contributed by atoms with Crippen LogP contribution < -0.4 is 0 Å². The van der Waals surface area contributed by atoms with Gasteiger partial charge in [-0.15, -0.1) is 0 Å². The van der Waals surface area contributed by atoms with Gasteiger partial charge in [0.05, 0.1) is 5.70 Å². The number of carbonyl (C=O) groups excluding carboxylic acids is 3. The molecule has 92 valence electrons. The minimum Gasteiger partial charge on any atom is -0.369 e. The first-order valence-electron chi connectivity index (χ1n) is 6.14. The summed E-state index contributed by atoms with van der Waals surface area (Å²) in [5, 5.41) is 0. The van der Waals surface area contributed by atoms with Crippen molar-refractivity contribution in [3.05, 3.63) is 35.6 Å². The zero-order valence-electron chi connectivity index (χ0n) is 9.89. The third kappa shape index (κ3) is 1.74. The number of nitrogens with zero attached hydrogens (tertiary/aromatic N) is 1. The molecule has 0 unspecified atom stereocenters. The van der Waals surface area contributed by atoms with Crippen LogP contribution in [-0.2, 0) is 14.4 Å². The van der Waals surface area contributed by atoms with Crippen LogP contribution >= 0.6 is 0 Å². The fourth-order valence-electron chi connectivity index (χ4n) is 2.70. The van der Waals surface area contributed by atoms with Crippen molar-refractivity contribution in [3.8, 4) is 0 Å². The van der Waals surface area contributed by atoms with E-state index < -0.39 is 0 Å². The second kappa shape index (κ2) is 4.05. The number of piperidine rings is 3. The van der Waals surface area contributed by atoms with Crippen LogP contribution in [0.25, 0.3) is 0 Å². The molecule has 3 heterocycles. The number of ketones is 3. The number of hydrogen-bond donors (Lipinski definition) is 0.